The van der Waals surface area contributed by atoms with E-state index in [0.29, 0.717) is 18.9 Å². The molecule has 3 rings (SSSR count). The average molecular weight is 310 g/mol. The van der Waals surface area contributed by atoms with Crippen molar-refractivity contribution in [2.75, 3.05) is 13.2 Å². The maximum absolute atomic E-state index is 12.4. The number of ether oxygens (including phenoxy) is 1. The van der Waals surface area contributed by atoms with Crippen molar-refractivity contribution >= 4 is 5.91 Å². The number of carbonyl (C=O) groups is 1. The molecule has 6 nitrogen and oxygen atoms in total. The van der Waals surface area contributed by atoms with E-state index in [2.05, 4.69) is 16.5 Å². The predicted molar refractivity (Wildman–Crippen MR) is 84.1 cm³/mol. The Morgan fingerprint density at radius 3 is 2.91 bits per heavy atom. The summed E-state index contributed by atoms with van der Waals surface area (Å²) in [5.41, 5.74) is 2.06. The standard InChI is InChI=1S/C17H18N4O2/c1-12-9-15(20-21(12)14-5-3-2-4-6-14)17(22)19-16(10-18)13-7-8-23-11-13/h2-6,9,13,16H,7-8,11H2,1H3,(H,19,22)/t13-,16+/m1/s1. The zero-order valence-electron chi connectivity index (χ0n) is 12.9. The topological polar surface area (TPSA) is 79.9 Å². The molecule has 118 valence electrons. The van der Waals surface area contributed by atoms with Crippen LogP contribution in [0.4, 0.5) is 0 Å². The van der Waals surface area contributed by atoms with Crippen LogP contribution in [-0.2, 0) is 4.74 Å². The van der Waals surface area contributed by atoms with E-state index >= 15 is 0 Å². The molecule has 1 saturated heterocycles. The van der Waals surface area contributed by atoms with Gasteiger partial charge in [-0.1, -0.05) is 18.2 Å². The first kappa shape index (κ1) is 15.3. The summed E-state index contributed by atoms with van der Waals surface area (Å²) in [4.78, 5) is 12.4. The van der Waals surface area contributed by atoms with Crippen molar-refractivity contribution in [3.05, 3.63) is 47.8 Å². The van der Waals surface area contributed by atoms with Crippen molar-refractivity contribution in [1.82, 2.24) is 15.1 Å². The van der Waals surface area contributed by atoms with Crippen LogP contribution >= 0.6 is 0 Å². The first-order chi connectivity index (χ1) is 11.2. The summed E-state index contributed by atoms with van der Waals surface area (Å²) in [6.45, 7) is 3.04. The van der Waals surface area contributed by atoms with Gasteiger partial charge in [0.2, 0.25) is 0 Å². The molecule has 1 aromatic carbocycles. The molecule has 0 radical (unpaired) electrons. The van der Waals surface area contributed by atoms with Crippen molar-refractivity contribution in [3.63, 3.8) is 0 Å². The second-order valence-corrected chi connectivity index (χ2v) is 5.62. The molecule has 0 aliphatic carbocycles. The van der Waals surface area contributed by atoms with Crippen LogP contribution in [0.1, 0.15) is 22.6 Å². The molecule has 2 aromatic rings. The molecule has 0 saturated carbocycles. The molecular formula is C17H18N4O2. The van der Waals surface area contributed by atoms with Crippen molar-refractivity contribution in [1.29, 1.82) is 5.26 Å². The number of rotatable bonds is 4. The molecule has 1 amide bonds. The van der Waals surface area contributed by atoms with Crippen LogP contribution < -0.4 is 5.32 Å². The Kier molecular flexibility index (Phi) is 4.40. The number of nitrogens with one attached hydrogen (secondary N) is 1. The lowest BCUT2D eigenvalue weighted by molar-refractivity contribution is 0.0925. The van der Waals surface area contributed by atoms with Gasteiger partial charge >= 0.3 is 0 Å². The Hall–Kier alpha value is -2.65. The van der Waals surface area contributed by atoms with Crippen molar-refractivity contribution < 1.29 is 9.53 Å². The fourth-order valence-electron chi connectivity index (χ4n) is 2.70. The molecule has 6 heteroatoms. The normalized spacial score (nSPS) is 18.3. The number of nitrogens with zero attached hydrogens (tertiary/aromatic N) is 3. The summed E-state index contributed by atoms with van der Waals surface area (Å²) >= 11 is 0. The number of nitriles is 1. The van der Waals surface area contributed by atoms with Gasteiger partial charge in [0, 0.05) is 18.2 Å². The Balaban J connectivity index is 1.77. The molecule has 2 heterocycles. The van der Waals surface area contributed by atoms with Crippen LogP contribution in [0.15, 0.2) is 36.4 Å². The summed E-state index contributed by atoms with van der Waals surface area (Å²) in [7, 11) is 0. The number of amides is 1. The minimum Gasteiger partial charge on any atom is -0.381 e. The molecular weight excluding hydrogens is 292 g/mol. The van der Waals surface area contributed by atoms with Crippen LogP contribution in [0, 0.1) is 24.2 Å². The largest absolute Gasteiger partial charge is 0.381 e. The first-order valence-electron chi connectivity index (χ1n) is 7.59. The van der Waals surface area contributed by atoms with Gasteiger partial charge in [0.05, 0.1) is 18.4 Å². The van der Waals surface area contributed by atoms with Gasteiger partial charge in [-0.25, -0.2) is 4.68 Å². The van der Waals surface area contributed by atoms with E-state index < -0.39 is 6.04 Å². The van der Waals surface area contributed by atoms with Gasteiger partial charge in [-0.3, -0.25) is 4.79 Å². The minimum atomic E-state index is -0.549. The highest BCUT2D eigenvalue weighted by Crippen LogP contribution is 2.17. The highest BCUT2D eigenvalue weighted by atomic mass is 16.5. The van der Waals surface area contributed by atoms with Gasteiger partial charge in [-0.2, -0.15) is 10.4 Å². The molecule has 1 aliphatic heterocycles. The minimum absolute atomic E-state index is 0.0428. The summed E-state index contributed by atoms with van der Waals surface area (Å²) < 4.78 is 7.00. The Labute approximate surface area is 134 Å². The lowest BCUT2D eigenvalue weighted by Gasteiger charge is -2.15. The Morgan fingerprint density at radius 1 is 1.48 bits per heavy atom. The van der Waals surface area contributed by atoms with Crippen LogP contribution in [0.5, 0.6) is 0 Å². The van der Waals surface area contributed by atoms with Gasteiger partial charge in [0.25, 0.3) is 5.91 Å². The summed E-state index contributed by atoms with van der Waals surface area (Å²) in [6, 6.07) is 12.9. The molecule has 0 spiro atoms. The molecule has 1 aromatic heterocycles. The second-order valence-electron chi connectivity index (χ2n) is 5.62. The van der Waals surface area contributed by atoms with Gasteiger partial charge in [-0.05, 0) is 31.5 Å². The quantitative estimate of drug-likeness (QED) is 0.934. The van der Waals surface area contributed by atoms with Gasteiger partial charge in [-0.15, -0.1) is 0 Å². The number of benzene rings is 1. The third kappa shape index (κ3) is 3.25. The highest BCUT2D eigenvalue weighted by Gasteiger charge is 2.28. The lowest BCUT2D eigenvalue weighted by atomic mass is 10.0. The summed E-state index contributed by atoms with van der Waals surface area (Å²) in [6.07, 6.45) is 0.788. The zero-order chi connectivity index (χ0) is 16.2. The molecule has 2 atom stereocenters. The molecule has 23 heavy (non-hydrogen) atoms. The number of hydrogen-bond donors (Lipinski definition) is 1. The zero-order valence-corrected chi connectivity index (χ0v) is 12.9. The highest BCUT2D eigenvalue weighted by molar-refractivity contribution is 5.92. The summed E-state index contributed by atoms with van der Waals surface area (Å²) in [5.74, 6) is -0.289. The van der Waals surface area contributed by atoms with Crippen LogP contribution in [0.2, 0.25) is 0 Å². The molecule has 1 N–H and O–H groups in total. The number of para-hydroxylation sites is 1. The van der Waals surface area contributed by atoms with Gasteiger partial charge < -0.3 is 10.1 Å². The Bertz CT molecular complexity index is 727. The average Bonchev–Trinajstić information content (AvgIpc) is 3.23. The van der Waals surface area contributed by atoms with E-state index in [9.17, 15) is 10.1 Å². The van der Waals surface area contributed by atoms with E-state index in [4.69, 9.17) is 4.74 Å². The van der Waals surface area contributed by atoms with E-state index in [1.165, 1.54) is 0 Å². The van der Waals surface area contributed by atoms with E-state index in [-0.39, 0.29) is 11.8 Å². The molecule has 1 aliphatic rings. The SMILES string of the molecule is Cc1cc(C(=O)N[C@@H](C#N)[C@@H]2CCOC2)nn1-c1ccccc1. The maximum Gasteiger partial charge on any atom is 0.272 e. The Morgan fingerprint density at radius 2 is 2.26 bits per heavy atom. The van der Waals surface area contributed by atoms with E-state index in [1.54, 1.807) is 10.7 Å². The lowest BCUT2D eigenvalue weighted by Crippen LogP contribution is -2.39. The fraction of sp³-hybridized carbons (Fsp3) is 0.353. The van der Waals surface area contributed by atoms with Crippen LogP contribution in [0.3, 0.4) is 0 Å². The number of carbonyl (C=O) groups excluding carboxylic acids is 1. The van der Waals surface area contributed by atoms with E-state index in [1.807, 2.05) is 37.3 Å². The number of aromatic nitrogens is 2. The number of hydrogen-bond acceptors (Lipinski definition) is 4. The molecule has 0 bridgehead atoms. The second kappa shape index (κ2) is 6.63. The van der Waals surface area contributed by atoms with Gasteiger partial charge in [0.15, 0.2) is 5.69 Å². The first-order valence-corrected chi connectivity index (χ1v) is 7.59. The number of aryl methyl sites for hydroxylation is 1. The van der Waals surface area contributed by atoms with Crippen LogP contribution in [-0.4, -0.2) is 34.9 Å². The third-order valence-corrected chi connectivity index (χ3v) is 3.98. The van der Waals surface area contributed by atoms with Gasteiger partial charge in [0.1, 0.15) is 6.04 Å². The van der Waals surface area contributed by atoms with Crippen molar-refractivity contribution in [3.8, 4) is 11.8 Å². The summed E-state index contributed by atoms with van der Waals surface area (Å²) in [5, 5.41) is 16.4. The molecule has 1 fully saturated rings. The fourth-order valence-corrected chi connectivity index (χ4v) is 2.70. The smallest absolute Gasteiger partial charge is 0.272 e. The molecule has 0 unspecified atom stereocenters. The predicted octanol–water partition coefficient (Wildman–Crippen LogP) is 1.84. The van der Waals surface area contributed by atoms with Crippen LogP contribution in [0.25, 0.3) is 5.69 Å². The van der Waals surface area contributed by atoms with Crippen molar-refractivity contribution in [2.45, 2.75) is 19.4 Å². The third-order valence-electron chi connectivity index (χ3n) is 3.98. The monoisotopic (exact) mass is 310 g/mol. The van der Waals surface area contributed by atoms with Crippen molar-refractivity contribution in [2.24, 2.45) is 5.92 Å². The maximum atomic E-state index is 12.4. The van der Waals surface area contributed by atoms with E-state index in [0.717, 1.165) is 17.8 Å².